The van der Waals surface area contributed by atoms with Crippen molar-refractivity contribution in [3.63, 3.8) is 0 Å². The Hall–Kier alpha value is -4.96. The van der Waals surface area contributed by atoms with Crippen LogP contribution in [0.5, 0.6) is 0 Å². The van der Waals surface area contributed by atoms with E-state index in [0.29, 0.717) is 5.82 Å². The first-order chi connectivity index (χ1) is 22.2. The molecule has 1 unspecified atom stereocenters. The highest BCUT2D eigenvalue weighted by Gasteiger charge is 2.50. The topological polar surface area (TPSA) is 25.8 Å². The molecule has 1 aromatic heterocycles. The van der Waals surface area contributed by atoms with Crippen molar-refractivity contribution in [2.24, 2.45) is 0 Å². The number of benzene rings is 6. The van der Waals surface area contributed by atoms with Crippen LogP contribution in [0.1, 0.15) is 22.3 Å². The molecule has 0 amide bonds. The van der Waals surface area contributed by atoms with Gasteiger partial charge < -0.3 is 0 Å². The highest BCUT2D eigenvalue weighted by molar-refractivity contribution is 7.99. The van der Waals surface area contributed by atoms with E-state index in [1.54, 1.807) is 0 Å². The number of aromatic nitrogens is 2. The number of fused-ring (bicyclic) bond motifs is 9. The van der Waals surface area contributed by atoms with Crippen molar-refractivity contribution in [2.75, 3.05) is 0 Å². The summed E-state index contributed by atoms with van der Waals surface area (Å²) in [5.74, 6) is 0.710. The Morgan fingerprint density at radius 1 is 0.467 bits per heavy atom. The summed E-state index contributed by atoms with van der Waals surface area (Å²) in [5.41, 5.74) is 11.9. The molecule has 212 valence electrons. The minimum Gasteiger partial charge on any atom is -0.228 e. The summed E-state index contributed by atoms with van der Waals surface area (Å²) >= 11 is 8.59. The molecule has 9 rings (SSSR count). The molecule has 0 saturated carbocycles. The van der Waals surface area contributed by atoms with Gasteiger partial charge in [0.25, 0.3) is 0 Å². The molecule has 0 radical (unpaired) electrons. The fraction of sp³-hybridized carbons (Fsp3) is 0.0244. The molecule has 0 saturated heterocycles. The van der Waals surface area contributed by atoms with Gasteiger partial charge >= 0.3 is 0 Å². The average molecular weight is 613 g/mol. The first-order valence-electron chi connectivity index (χ1n) is 15.0. The molecule has 1 spiro atoms. The third-order valence-electron chi connectivity index (χ3n) is 9.03. The van der Waals surface area contributed by atoms with Crippen LogP contribution < -0.4 is 0 Å². The van der Waals surface area contributed by atoms with Crippen LogP contribution >= 0.6 is 23.4 Å². The molecule has 2 heterocycles. The molecule has 1 atom stereocenters. The molecular formula is C41H25ClN2S. The van der Waals surface area contributed by atoms with Crippen molar-refractivity contribution in [2.45, 2.75) is 15.2 Å². The highest BCUT2D eigenvalue weighted by Crippen LogP contribution is 2.63. The number of nitrogens with zero attached hydrogens (tertiary/aromatic N) is 2. The van der Waals surface area contributed by atoms with Gasteiger partial charge in [0, 0.05) is 31.5 Å². The van der Waals surface area contributed by atoms with Crippen LogP contribution in [0.4, 0.5) is 0 Å². The highest BCUT2D eigenvalue weighted by atomic mass is 35.5. The lowest BCUT2D eigenvalue weighted by molar-refractivity contribution is 0.722. The lowest BCUT2D eigenvalue weighted by atomic mass is 9.67. The van der Waals surface area contributed by atoms with Crippen molar-refractivity contribution >= 4 is 23.4 Å². The van der Waals surface area contributed by atoms with Gasteiger partial charge in [-0.05, 0) is 63.7 Å². The Balaban J connectivity index is 1.38. The van der Waals surface area contributed by atoms with E-state index in [1.807, 2.05) is 42.1 Å². The van der Waals surface area contributed by atoms with Crippen molar-refractivity contribution < 1.29 is 0 Å². The SMILES string of the molecule is Clc1ccc2c(c1)C1(c3ccccc3S2)c2ccccc2-c2c(-c3cc(-c4ccccc4)nc(-c4ccccc4)n3)cccc21. The maximum atomic E-state index is 6.77. The van der Waals surface area contributed by atoms with Crippen LogP contribution in [0.25, 0.3) is 45.0 Å². The van der Waals surface area contributed by atoms with Crippen molar-refractivity contribution in [1.29, 1.82) is 0 Å². The zero-order valence-electron chi connectivity index (χ0n) is 24.1. The van der Waals surface area contributed by atoms with E-state index < -0.39 is 5.41 Å². The van der Waals surface area contributed by atoms with E-state index in [9.17, 15) is 0 Å². The van der Waals surface area contributed by atoms with E-state index in [4.69, 9.17) is 21.6 Å². The van der Waals surface area contributed by atoms with Gasteiger partial charge in [-0.1, -0.05) is 145 Å². The molecule has 0 bridgehead atoms. The summed E-state index contributed by atoms with van der Waals surface area (Å²) in [6.45, 7) is 0. The van der Waals surface area contributed by atoms with Crippen molar-refractivity contribution in [3.05, 3.63) is 179 Å². The average Bonchev–Trinajstić information content (AvgIpc) is 3.40. The molecule has 4 heteroatoms. The summed E-state index contributed by atoms with van der Waals surface area (Å²) in [6, 6.07) is 53.5. The number of hydrogen-bond acceptors (Lipinski definition) is 3. The molecular weight excluding hydrogens is 588 g/mol. The Bertz CT molecular complexity index is 2210. The molecule has 7 aromatic rings. The van der Waals surface area contributed by atoms with Crippen LogP contribution in [-0.2, 0) is 5.41 Å². The minimum atomic E-state index is -0.512. The van der Waals surface area contributed by atoms with Crippen molar-refractivity contribution in [3.8, 4) is 45.0 Å². The quantitative estimate of drug-likeness (QED) is 0.198. The van der Waals surface area contributed by atoms with E-state index in [1.165, 1.54) is 43.2 Å². The van der Waals surface area contributed by atoms with E-state index in [-0.39, 0.29) is 0 Å². The molecule has 1 aliphatic heterocycles. The largest absolute Gasteiger partial charge is 0.228 e. The summed E-state index contributed by atoms with van der Waals surface area (Å²) in [5, 5.41) is 0.742. The van der Waals surface area contributed by atoms with Gasteiger partial charge in [-0.25, -0.2) is 9.97 Å². The maximum Gasteiger partial charge on any atom is 0.160 e. The second-order valence-corrected chi connectivity index (χ2v) is 13.0. The van der Waals surface area contributed by atoms with Gasteiger partial charge in [-0.3, -0.25) is 0 Å². The minimum absolute atomic E-state index is 0.512. The van der Waals surface area contributed by atoms with Crippen LogP contribution in [-0.4, -0.2) is 9.97 Å². The van der Waals surface area contributed by atoms with Gasteiger partial charge in [0.15, 0.2) is 5.82 Å². The molecule has 2 nitrogen and oxygen atoms in total. The summed E-state index contributed by atoms with van der Waals surface area (Å²) < 4.78 is 0. The normalized spacial score (nSPS) is 15.7. The fourth-order valence-electron chi connectivity index (χ4n) is 7.19. The maximum absolute atomic E-state index is 6.77. The second kappa shape index (κ2) is 10.3. The summed E-state index contributed by atoms with van der Waals surface area (Å²) in [4.78, 5) is 12.8. The van der Waals surface area contributed by atoms with Crippen LogP contribution in [0.3, 0.4) is 0 Å². The lowest BCUT2D eigenvalue weighted by Gasteiger charge is -2.39. The van der Waals surface area contributed by atoms with E-state index in [0.717, 1.165) is 33.1 Å². The Morgan fingerprint density at radius 2 is 1.09 bits per heavy atom. The Morgan fingerprint density at radius 3 is 1.91 bits per heavy atom. The van der Waals surface area contributed by atoms with E-state index >= 15 is 0 Å². The number of hydrogen-bond donors (Lipinski definition) is 0. The van der Waals surface area contributed by atoms with Gasteiger partial charge in [-0.15, -0.1) is 0 Å². The molecule has 0 fully saturated rings. The monoisotopic (exact) mass is 612 g/mol. The van der Waals surface area contributed by atoms with Crippen LogP contribution in [0.15, 0.2) is 161 Å². The van der Waals surface area contributed by atoms with E-state index in [2.05, 4.69) is 121 Å². The Kier molecular flexibility index (Phi) is 6.06. The molecule has 45 heavy (non-hydrogen) atoms. The summed E-state index contributed by atoms with van der Waals surface area (Å²) in [7, 11) is 0. The molecule has 1 aliphatic carbocycles. The first-order valence-corrected chi connectivity index (χ1v) is 16.2. The van der Waals surface area contributed by atoms with Gasteiger partial charge in [0.2, 0.25) is 0 Å². The zero-order chi connectivity index (χ0) is 30.0. The summed E-state index contributed by atoms with van der Waals surface area (Å²) in [6.07, 6.45) is 0. The van der Waals surface area contributed by atoms with Gasteiger partial charge in [0.1, 0.15) is 0 Å². The Labute approximate surface area is 271 Å². The first kappa shape index (κ1) is 26.4. The predicted molar refractivity (Wildman–Crippen MR) is 185 cm³/mol. The third kappa shape index (κ3) is 3.98. The zero-order valence-corrected chi connectivity index (χ0v) is 25.7. The molecule has 2 aliphatic rings. The smallest absolute Gasteiger partial charge is 0.160 e. The van der Waals surface area contributed by atoms with Gasteiger partial charge in [0.05, 0.1) is 16.8 Å². The van der Waals surface area contributed by atoms with Crippen molar-refractivity contribution in [1.82, 2.24) is 9.97 Å². The molecule has 6 aromatic carbocycles. The van der Waals surface area contributed by atoms with Crippen LogP contribution in [0.2, 0.25) is 5.02 Å². The third-order valence-corrected chi connectivity index (χ3v) is 10.4. The fourth-order valence-corrected chi connectivity index (χ4v) is 8.54. The number of halogens is 1. The second-order valence-electron chi connectivity index (χ2n) is 11.5. The standard InChI is InChI=1S/C41H25ClN2S/c42-28-22-23-38-34(24-28)41(32-19-9-10-21-37(32)45-38)31-18-8-7-16-29(31)39-30(17-11-20-33(39)41)36-25-35(26-12-3-1-4-13-26)43-40(44-36)27-14-5-2-6-15-27/h1-25H. The lowest BCUT2D eigenvalue weighted by Crippen LogP contribution is -2.32. The van der Waals surface area contributed by atoms with Crippen LogP contribution in [0, 0.1) is 0 Å². The van der Waals surface area contributed by atoms with Gasteiger partial charge in [-0.2, -0.15) is 0 Å². The number of rotatable bonds is 3. The molecule has 0 N–H and O–H groups in total. The predicted octanol–water partition coefficient (Wildman–Crippen LogP) is 11.0.